The van der Waals surface area contributed by atoms with Gasteiger partial charge in [-0.1, -0.05) is 53.4 Å². The van der Waals surface area contributed by atoms with Crippen molar-refractivity contribution in [3.05, 3.63) is 0 Å². The second-order valence-corrected chi connectivity index (χ2v) is 11.6. The van der Waals surface area contributed by atoms with Gasteiger partial charge in [0.2, 0.25) is 0 Å². The SMILES string of the molecule is CC(C)(C)COCCOCCOCCOCCOCC#CC#CCOCCOCCOCCOCCOCC(C)(C)C. The number of hydrogen-bond acceptors (Lipinski definition) is 10. The molecular formula is C32H58O10. The van der Waals surface area contributed by atoms with Crippen LogP contribution in [0, 0.1) is 34.5 Å². The van der Waals surface area contributed by atoms with Crippen LogP contribution in [0.15, 0.2) is 0 Å². The van der Waals surface area contributed by atoms with Gasteiger partial charge in [-0.25, -0.2) is 0 Å². The molecule has 10 heteroatoms. The Morgan fingerprint density at radius 3 is 0.762 bits per heavy atom. The number of ether oxygens (including phenoxy) is 10. The maximum absolute atomic E-state index is 5.54. The second-order valence-electron chi connectivity index (χ2n) is 11.6. The first-order valence-electron chi connectivity index (χ1n) is 14.9. The standard InChI is InChI=1S/C32H58O10/c1-31(2,3)29-41-27-25-39-23-21-37-19-17-35-15-13-33-11-9-7-8-10-12-34-14-16-36-18-20-38-22-24-40-26-28-42-30-32(4,5)6/h11-30H2,1-6H3. The highest BCUT2D eigenvalue weighted by molar-refractivity contribution is 5.26. The van der Waals surface area contributed by atoms with Crippen LogP contribution in [0.2, 0.25) is 0 Å². The maximum atomic E-state index is 5.54. The summed E-state index contributed by atoms with van der Waals surface area (Å²) in [5.41, 5.74) is 0.362. The normalized spacial score (nSPS) is 11.7. The van der Waals surface area contributed by atoms with Crippen LogP contribution in [0.1, 0.15) is 41.5 Å². The van der Waals surface area contributed by atoms with Gasteiger partial charge >= 0.3 is 0 Å². The summed E-state index contributed by atoms with van der Waals surface area (Å²) in [6.45, 7) is 23.4. The predicted octanol–water partition coefficient (Wildman–Crippen LogP) is 3.25. The first-order valence-corrected chi connectivity index (χ1v) is 14.9. The zero-order valence-corrected chi connectivity index (χ0v) is 27.2. The van der Waals surface area contributed by atoms with E-state index in [0.29, 0.717) is 119 Å². The minimum atomic E-state index is 0.181. The molecule has 0 N–H and O–H groups in total. The van der Waals surface area contributed by atoms with Crippen molar-refractivity contribution in [2.75, 3.05) is 132 Å². The molecule has 0 spiro atoms. The van der Waals surface area contributed by atoms with E-state index in [2.05, 4.69) is 65.2 Å². The van der Waals surface area contributed by atoms with Gasteiger partial charge in [-0.05, 0) is 22.7 Å². The quantitative estimate of drug-likeness (QED) is 0.0982. The molecule has 0 fully saturated rings. The molecule has 0 unspecified atom stereocenters. The first kappa shape index (κ1) is 40.7. The lowest BCUT2D eigenvalue weighted by molar-refractivity contribution is -0.0156. The molecule has 0 saturated heterocycles. The highest BCUT2D eigenvalue weighted by atomic mass is 16.6. The van der Waals surface area contributed by atoms with Crippen molar-refractivity contribution in [1.29, 1.82) is 0 Å². The van der Waals surface area contributed by atoms with Gasteiger partial charge in [0, 0.05) is 0 Å². The van der Waals surface area contributed by atoms with Crippen molar-refractivity contribution in [2.24, 2.45) is 10.8 Å². The third-order valence-corrected chi connectivity index (χ3v) is 4.63. The van der Waals surface area contributed by atoms with Crippen molar-refractivity contribution in [2.45, 2.75) is 41.5 Å². The molecule has 0 amide bonds. The third-order valence-electron chi connectivity index (χ3n) is 4.63. The Morgan fingerprint density at radius 2 is 0.524 bits per heavy atom. The molecule has 0 atom stereocenters. The van der Waals surface area contributed by atoms with Crippen LogP contribution in [0.4, 0.5) is 0 Å². The highest BCUT2D eigenvalue weighted by Gasteiger charge is 2.10. The topological polar surface area (TPSA) is 92.3 Å². The largest absolute Gasteiger partial charge is 0.379 e. The van der Waals surface area contributed by atoms with Crippen LogP contribution in [0.25, 0.3) is 0 Å². The molecule has 246 valence electrons. The molecule has 0 aromatic carbocycles. The van der Waals surface area contributed by atoms with Crippen molar-refractivity contribution < 1.29 is 47.4 Å². The molecule has 0 saturated carbocycles. The van der Waals surface area contributed by atoms with Gasteiger partial charge in [-0.2, -0.15) is 0 Å². The van der Waals surface area contributed by atoms with E-state index >= 15 is 0 Å². The smallest absolute Gasteiger partial charge is 0.108 e. The molecule has 42 heavy (non-hydrogen) atoms. The Hall–Kier alpha value is -1.28. The predicted molar refractivity (Wildman–Crippen MR) is 163 cm³/mol. The van der Waals surface area contributed by atoms with Gasteiger partial charge in [0.1, 0.15) is 13.2 Å². The Morgan fingerprint density at radius 1 is 0.310 bits per heavy atom. The zero-order chi connectivity index (χ0) is 31.0. The van der Waals surface area contributed by atoms with Crippen molar-refractivity contribution in [3.8, 4) is 23.7 Å². The lowest BCUT2D eigenvalue weighted by atomic mass is 9.99. The van der Waals surface area contributed by atoms with Crippen LogP contribution < -0.4 is 0 Å². The van der Waals surface area contributed by atoms with Gasteiger partial charge < -0.3 is 47.4 Å². The minimum Gasteiger partial charge on any atom is -0.379 e. The molecule has 0 rings (SSSR count). The van der Waals surface area contributed by atoms with Gasteiger partial charge in [-0.3, -0.25) is 0 Å². The van der Waals surface area contributed by atoms with Crippen LogP contribution in [-0.2, 0) is 47.4 Å². The molecule has 10 nitrogen and oxygen atoms in total. The average molecular weight is 603 g/mol. The summed E-state index contributed by atoms with van der Waals surface area (Å²) in [4.78, 5) is 0. The van der Waals surface area contributed by atoms with Crippen molar-refractivity contribution in [3.63, 3.8) is 0 Å². The van der Waals surface area contributed by atoms with E-state index < -0.39 is 0 Å². The summed E-state index contributed by atoms with van der Waals surface area (Å²) in [5.74, 6) is 11.1. The Balaban J connectivity index is 3.24. The van der Waals surface area contributed by atoms with Gasteiger partial charge in [0.25, 0.3) is 0 Å². The monoisotopic (exact) mass is 602 g/mol. The summed E-state index contributed by atoms with van der Waals surface area (Å²) in [7, 11) is 0. The maximum Gasteiger partial charge on any atom is 0.108 e. The fourth-order valence-corrected chi connectivity index (χ4v) is 2.72. The summed E-state index contributed by atoms with van der Waals surface area (Å²) in [5, 5.41) is 0. The molecule has 0 aromatic heterocycles. The Kier molecular flexibility index (Phi) is 28.9. The fraction of sp³-hybridized carbons (Fsp3) is 0.875. The summed E-state index contributed by atoms with van der Waals surface area (Å²) >= 11 is 0. The van der Waals surface area contributed by atoms with Crippen molar-refractivity contribution >= 4 is 0 Å². The Labute approximate surface area is 255 Å². The third kappa shape index (κ3) is 38.7. The average Bonchev–Trinajstić information content (AvgIpc) is 2.92. The van der Waals surface area contributed by atoms with E-state index in [1.54, 1.807) is 0 Å². The van der Waals surface area contributed by atoms with E-state index in [-0.39, 0.29) is 10.8 Å². The highest BCUT2D eigenvalue weighted by Crippen LogP contribution is 2.13. The molecule has 0 radical (unpaired) electrons. The van der Waals surface area contributed by atoms with Crippen LogP contribution in [0.5, 0.6) is 0 Å². The van der Waals surface area contributed by atoms with E-state index in [0.717, 1.165) is 13.2 Å². The lowest BCUT2D eigenvalue weighted by Gasteiger charge is -2.17. The van der Waals surface area contributed by atoms with Crippen LogP contribution in [-0.4, -0.2) is 132 Å². The molecular weight excluding hydrogens is 544 g/mol. The minimum absolute atomic E-state index is 0.181. The van der Waals surface area contributed by atoms with Gasteiger partial charge in [0.15, 0.2) is 0 Å². The van der Waals surface area contributed by atoms with E-state index in [1.807, 2.05) is 0 Å². The summed E-state index contributed by atoms with van der Waals surface area (Å²) in [6, 6.07) is 0. The second kappa shape index (κ2) is 29.8. The van der Waals surface area contributed by atoms with Gasteiger partial charge in [0.05, 0.1) is 119 Å². The van der Waals surface area contributed by atoms with E-state index in [9.17, 15) is 0 Å². The summed E-state index contributed by atoms with van der Waals surface area (Å²) < 4.78 is 54.6. The number of rotatable bonds is 28. The fourth-order valence-electron chi connectivity index (χ4n) is 2.72. The molecule has 0 aliphatic rings. The molecule has 0 aromatic rings. The lowest BCUT2D eigenvalue weighted by Crippen LogP contribution is -2.17. The molecule has 0 bridgehead atoms. The van der Waals surface area contributed by atoms with E-state index in [4.69, 9.17) is 47.4 Å². The van der Waals surface area contributed by atoms with Crippen LogP contribution >= 0.6 is 0 Å². The summed E-state index contributed by atoms with van der Waals surface area (Å²) in [6.07, 6.45) is 0. The van der Waals surface area contributed by atoms with Crippen LogP contribution in [0.3, 0.4) is 0 Å². The number of hydrogen-bond donors (Lipinski definition) is 0. The zero-order valence-electron chi connectivity index (χ0n) is 27.2. The van der Waals surface area contributed by atoms with E-state index in [1.165, 1.54) is 0 Å². The Bertz CT molecular complexity index is 635. The van der Waals surface area contributed by atoms with Crippen molar-refractivity contribution in [1.82, 2.24) is 0 Å². The van der Waals surface area contributed by atoms with Gasteiger partial charge in [-0.15, -0.1) is 0 Å². The molecule has 0 aliphatic carbocycles. The molecule has 0 heterocycles. The molecule has 0 aliphatic heterocycles. The first-order chi connectivity index (χ1) is 20.2.